The van der Waals surface area contributed by atoms with E-state index in [4.69, 9.17) is 9.72 Å². The molecule has 0 unspecified atom stereocenters. The fourth-order valence-corrected chi connectivity index (χ4v) is 5.24. The van der Waals surface area contributed by atoms with Gasteiger partial charge < -0.3 is 4.74 Å². The average molecular weight is 633 g/mol. The van der Waals surface area contributed by atoms with Crippen LogP contribution in [0.1, 0.15) is 21.5 Å². The molecule has 0 aliphatic heterocycles. The second-order valence-corrected chi connectivity index (χ2v) is 10.5. The number of carbonyl (C=O) groups is 1. The first kappa shape index (κ1) is 25.7. The number of rotatable bonds is 7. The van der Waals surface area contributed by atoms with Crippen molar-refractivity contribution < 1.29 is 9.53 Å². The topological polar surface area (TPSA) is 63.6 Å². The van der Waals surface area contributed by atoms with Crippen molar-refractivity contribution in [2.24, 2.45) is 5.10 Å². The molecule has 5 aromatic carbocycles. The van der Waals surface area contributed by atoms with Gasteiger partial charge in [-0.05, 0) is 80.9 Å². The van der Waals surface area contributed by atoms with E-state index in [9.17, 15) is 4.79 Å². The minimum absolute atomic E-state index is 0.294. The Kier molecular flexibility index (Phi) is 7.50. The van der Waals surface area contributed by atoms with Crippen LogP contribution < -0.4 is 10.2 Å². The van der Waals surface area contributed by atoms with E-state index in [0.717, 1.165) is 42.6 Å². The number of aromatic nitrogens is 1. The number of para-hydroxylation sites is 1. The first-order chi connectivity index (χ1) is 19.6. The zero-order valence-electron chi connectivity index (χ0n) is 21.4. The molecule has 0 aliphatic carbocycles. The second kappa shape index (κ2) is 11.7. The van der Waals surface area contributed by atoms with Crippen LogP contribution in [0, 0.1) is 3.57 Å². The van der Waals surface area contributed by atoms with Gasteiger partial charge in [-0.25, -0.2) is 10.4 Å². The van der Waals surface area contributed by atoms with Gasteiger partial charge in [0.05, 0.1) is 26.6 Å². The Bertz CT molecular complexity index is 1870. The van der Waals surface area contributed by atoms with E-state index in [1.807, 2.05) is 91.0 Å². The Morgan fingerprint density at radius 1 is 0.825 bits per heavy atom. The Morgan fingerprint density at radius 3 is 2.45 bits per heavy atom. The molecule has 40 heavy (non-hydrogen) atoms. The molecular weight excluding hydrogens is 609 g/mol. The number of halogens is 1. The van der Waals surface area contributed by atoms with Gasteiger partial charge in [0.1, 0.15) is 12.4 Å². The van der Waals surface area contributed by atoms with Crippen LogP contribution in [0.4, 0.5) is 0 Å². The number of fused-ring (bicyclic) bond motifs is 2. The van der Waals surface area contributed by atoms with Gasteiger partial charge in [0.2, 0.25) is 0 Å². The number of benzene rings is 5. The highest BCUT2D eigenvalue weighted by Crippen LogP contribution is 2.26. The van der Waals surface area contributed by atoms with Crippen molar-refractivity contribution in [1.82, 2.24) is 10.4 Å². The molecular formula is C34H24IN3O2. The van der Waals surface area contributed by atoms with Gasteiger partial charge in [-0.15, -0.1) is 0 Å². The van der Waals surface area contributed by atoms with E-state index in [-0.39, 0.29) is 5.91 Å². The van der Waals surface area contributed by atoms with Crippen molar-refractivity contribution >= 4 is 56.4 Å². The van der Waals surface area contributed by atoms with E-state index in [0.29, 0.717) is 12.2 Å². The minimum Gasteiger partial charge on any atom is -0.488 e. The molecule has 0 bridgehead atoms. The van der Waals surface area contributed by atoms with Crippen molar-refractivity contribution in [2.45, 2.75) is 6.61 Å². The number of carbonyl (C=O) groups excluding carboxylic acids is 1. The zero-order valence-corrected chi connectivity index (χ0v) is 23.6. The number of hydrogen-bond acceptors (Lipinski definition) is 4. The van der Waals surface area contributed by atoms with E-state index < -0.39 is 0 Å². The number of nitrogens with one attached hydrogen (secondary N) is 1. The summed E-state index contributed by atoms with van der Waals surface area (Å²) in [5, 5.41) is 7.42. The summed E-state index contributed by atoms with van der Waals surface area (Å²) in [6.45, 7) is 0.481. The monoisotopic (exact) mass is 633 g/mol. The molecule has 0 atom stereocenters. The van der Waals surface area contributed by atoms with Crippen LogP contribution in [0.25, 0.3) is 32.9 Å². The first-order valence-corrected chi connectivity index (χ1v) is 13.9. The molecule has 0 spiro atoms. The molecule has 0 saturated heterocycles. The Labute approximate surface area is 245 Å². The van der Waals surface area contributed by atoms with Gasteiger partial charge in [-0.1, -0.05) is 84.9 Å². The highest BCUT2D eigenvalue weighted by Gasteiger charge is 2.13. The van der Waals surface area contributed by atoms with Crippen LogP contribution in [0.15, 0.2) is 126 Å². The van der Waals surface area contributed by atoms with E-state index in [2.05, 4.69) is 63.4 Å². The Hall–Kier alpha value is -4.56. The molecule has 0 saturated carbocycles. The molecule has 0 aliphatic rings. The van der Waals surface area contributed by atoms with Crippen LogP contribution in [-0.2, 0) is 6.61 Å². The van der Waals surface area contributed by atoms with Crippen molar-refractivity contribution in [3.8, 4) is 17.0 Å². The zero-order chi connectivity index (χ0) is 27.3. The second-order valence-electron chi connectivity index (χ2n) is 9.30. The van der Waals surface area contributed by atoms with E-state index >= 15 is 0 Å². The predicted molar refractivity (Wildman–Crippen MR) is 170 cm³/mol. The minimum atomic E-state index is -0.294. The molecule has 1 heterocycles. The summed E-state index contributed by atoms with van der Waals surface area (Å²) in [6.07, 6.45) is 1.63. The van der Waals surface area contributed by atoms with Crippen LogP contribution >= 0.6 is 22.6 Å². The lowest BCUT2D eigenvalue weighted by molar-refractivity contribution is 0.0956. The first-order valence-electron chi connectivity index (χ1n) is 12.8. The van der Waals surface area contributed by atoms with Crippen molar-refractivity contribution in [2.75, 3.05) is 0 Å². The maximum absolute atomic E-state index is 13.2. The van der Waals surface area contributed by atoms with E-state index in [1.165, 1.54) is 10.8 Å². The molecule has 5 nitrogen and oxygen atoms in total. The number of hydrazone groups is 1. The van der Waals surface area contributed by atoms with Gasteiger partial charge in [0.25, 0.3) is 5.91 Å². The van der Waals surface area contributed by atoms with Gasteiger partial charge in [-0.3, -0.25) is 4.79 Å². The number of hydrogen-bond donors (Lipinski definition) is 1. The summed E-state index contributed by atoms with van der Waals surface area (Å²) in [7, 11) is 0. The molecule has 1 amide bonds. The number of ether oxygens (including phenoxy) is 1. The summed E-state index contributed by atoms with van der Waals surface area (Å²) in [5.41, 5.74) is 7.61. The summed E-state index contributed by atoms with van der Waals surface area (Å²) >= 11 is 2.25. The molecule has 6 heteroatoms. The van der Waals surface area contributed by atoms with Crippen LogP contribution in [0.3, 0.4) is 0 Å². The molecule has 6 rings (SSSR count). The van der Waals surface area contributed by atoms with Gasteiger partial charge >= 0.3 is 0 Å². The van der Waals surface area contributed by atoms with Crippen LogP contribution in [-0.4, -0.2) is 17.1 Å². The normalized spacial score (nSPS) is 11.2. The fraction of sp³-hybridized carbons (Fsp3) is 0.0294. The maximum Gasteiger partial charge on any atom is 0.272 e. The third kappa shape index (κ3) is 5.72. The lowest BCUT2D eigenvalue weighted by Crippen LogP contribution is -2.18. The molecule has 194 valence electrons. The highest BCUT2D eigenvalue weighted by atomic mass is 127. The maximum atomic E-state index is 13.2. The SMILES string of the molecule is O=C(N/N=C/c1ccc(OCc2ccc3ccccc3c2)c(I)c1)c1cc(-c2ccccc2)nc2ccccc12. The van der Waals surface area contributed by atoms with Crippen molar-refractivity contribution in [3.63, 3.8) is 0 Å². The predicted octanol–water partition coefficient (Wildman–Crippen LogP) is 8.00. The Morgan fingerprint density at radius 2 is 1.60 bits per heavy atom. The smallest absolute Gasteiger partial charge is 0.272 e. The quantitative estimate of drug-likeness (QED) is 0.110. The molecule has 6 aromatic rings. The molecule has 0 radical (unpaired) electrons. The van der Waals surface area contributed by atoms with Gasteiger partial charge in [0, 0.05) is 10.9 Å². The number of nitrogens with zero attached hydrogens (tertiary/aromatic N) is 2. The highest BCUT2D eigenvalue weighted by molar-refractivity contribution is 14.1. The van der Waals surface area contributed by atoms with Crippen molar-refractivity contribution in [1.29, 1.82) is 0 Å². The molecule has 0 fully saturated rings. The Balaban J connectivity index is 1.15. The van der Waals surface area contributed by atoms with Gasteiger partial charge in [0.15, 0.2) is 0 Å². The standard InChI is InChI=1S/C34H24IN3O2/c35-30-19-23(15-17-33(30)40-22-24-14-16-25-8-4-5-11-27(25)18-24)21-36-38-34(39)29-20-32(26-9-2-1-3-10-26)37-31-13-7-6-12-28(29)31/h1-21H,22H2,(H,38,39)/b36-21+. The summed E-state index contributed by atoms with van der Waals surface area (Å²) in [5.74, 6) is 0.503. The third-order valence-corrected chi connectivity index (χ3v) is 7.42. The van der Waals surface area contributed by atoms with Crippen LogP contribution in [0.2, 0.25) is 0 Å². The van der Waals surface area contributed by atoms with Crippen LogP contribution in [0.5, 0.6) is 5.75 Å². The molecule has 1 N–H and O–H groups in total. The van der Waals surface area contributed by atoms with E-state index in [1.54, 1.807) is 6.21 Å². The lowest BCUT2D eigenvalue weighted by Gasteiger charge is -2.10. The fourth-order valence-electron chi connectivity index (χ4n) is 4.55. The van der Waals surface area contributed by atoms with Crippen molar-refractivity contribution in [3.05, 3.63) is 142 Å². The summed E-state index contributed by atoms with van der Waals surface area (Å²) in [4.78, 5) is 17.9. The number of amides is 1. The molecule has 1 aromatic heterocycles. The van der Waals surface area contributed by atoms with Gasteiger partial charge in [-0.2, -0.15) is 5.10 Å². The lowest BCUT2D eigenvalue weighted by atomic mass is 10.0. The average Bonchev–Trinajstić information content (AvgIpc) is 3.00. The largest absolute Gasteiger partial charge is 0.488 e. The summed E-state index contributed by atoms with van der Waals surface area (Å²) in [6, 6.07) is 39.7. The third-order valence-electron chi connectivity index (χ3n) is 6.57. The number of pyridine rings is 1. The summed E-state index contributed by atoms with van der Waals surface area (Å²) < 4.78 is 7.05.